The summed E-state index contributed by atoms with van der Waals surface area (Å²) in [7, 11) is -8.30. The first-order valence-electron chi connectivity index (χ1n) is 39.1. The third kappa shape index (κ3) is 19.4. The van der Waals surface area contributed by atoms with Gasteiger partial charge in [-0.3, -0.25) is 19.2 Å². The Kier molecular flexibility index (Phi) is 26.4. The molecule has 4 aliphatic heterocycles. The van der Waals surface area contributed by atoms with Gasteiger partial charge in [0.25, 0.3) is 0 Å². The highest BCUT2D eigenvalue weighted by Gasteiger charge is 2.34. The number of ether oxygens (including phenoxy) is 2. The van der Waals surface area contributed by atoms with Crippen molar-refractivity contribution >= 4 is 172 Å². The molecule has 17 rings (SSSR count). The number of carbonyl (C=O) groups is 5. The molecular formula is C91H90Cl5N5O16S3. The molecule has 29 heteroatoms. The largest absolute Gasteiger partial charge is 0.481 e. The number of aromatic nitrogens is 5. The number of carboxylic acids is 3. The Morgan fingerprint density at radius 2 is 0.758 bits per heavy atom. The molecule has 4 unspecified atom stereocenters. The molecule has 4 atom stereocenters. The van der Waals surface area contributed by atoms with Crippen molar-refractivity contribution in [3.05, 3.63) is 261 Å². The van der Waals surface area contributed by atoms with E-state index in [1.165, 1.54) is 31.6 Å². The number of rotatable bonds is 15. The van der Waals surface area contributed by atoms with Crippen LogP contribution in [0, 0.1) is 44.4 Å². The van der Waals surface area contributed by atoms with Gasteiger partial charge in [-0.15, -0.1) is 0 Å². The van der Waals surface area contributed by atoms with Gasteiger partial charge in [0.1, 0.15) is 5.69 Å². The highest BCUT2D eigenvalue weighted by Crippen LogP contribution is 2.41. The number of sulfone groups is 3. The van der Waals surface area contributed by atoms with Gasteiger partial charge in [0, 0.05) is 167 Å². The topological polar surface area (TPSA) is 302 Å². The third-order valence-electron chi connectivity index (χ3n) is 23.2. The molecule has 0 fully saturated rings. The van der Waals surface area contributed by atoms with Crippen molar-refractivity contribution in [3.8, 4) is 0 Å². The Bertz CT molecular complexity index is 6170. The highest BCUT2D eigenvalue weighted by atomic mass is 35.5. The Hall–Kier alpha value is -9.89. The van der Waals surface area contributed by atoms with Gasteiger partial charge in [-0.05, 0) is 269 Å². The van der Waals surface area contributed by atoms with Gasteiger partial charge < -0.3 is 48.0 Å². The number of esters is 2. The van der Waals surface area contributed by atoms with E-state index in [1.807, 2.05) is 118 Å². The fraction of sp³-hybridized carbons (Fsp3) is 0.308. The van der Waals surface area contributed by atoms with E-state index in [9.17, 15) is 64.5 Å². The minimum atomic E-state index is -3.25. The number of nitrogens with one attached hydrogen (secondary N) is 1. The van der Waals surface area contributed by atoms with E-state index in [0.29, 0.717) is 131 Å². The van der Waals surface area contributed by atoms with Crippen LogP contribution in [0.5, 0.6) is 0 Å². The normalized spacial score (nSPS) is 16.2. The number of aliphatic carboxylic acids is 3. The Morgan fingerprint density at radius 1 is 0.417 bits per heavy atom. The standard InChI is InChI=1S/3C22H22ClNO4S.C14H14ClNO2.C11H10ClNO2/c3*1-13-9-17(29(2,27)28)6-3-14(13)10-18-19-11-16(23)5-8-21(19)24-12-15(22(25)26)4-7-20(18)24;1-18-14(17)9-2-4-12-7-10-6-11(15)3-5-13(10)16(12)8-9;1-2-15-11(14)10-6-7-5-8(12)3-4-9(7)13-10/h3*3,5-6,8-9,11,15H,4,7,10,12H2,1-2H3,(H,25,26);3,5-7,9H,2,4,8H2,1H3;3-6,13H,2H2,1H3. The number of methoxy groups -OCH3 is 1. The average molecular weight is 1780 g/mol. The second-order valence-electron chi connectivity index (χ2n) is 31.3. The number of hydrogen-bond donors (Lipinski definition) is 4. The van der Waals surface area contributed by atoms with Crippen molar-refractivity contribution in [1.29, 1.82) is 0 Å². The molecule has 0 aliphatic carbocycles. The summed E-state index contributed by atoms with van der Waals surface area (Å²) < 4.78 is 89.3. The maximum Gasteiger partial charge on any atom is 0.354 e. The fourth-order valence-electron chi connectivity index (χ4n) is 16.9. The summed E-state index contributed by atoms with van der Waals surface area (Å²) in [6, 6.07) is 48.0. The van der Waals surface area contributed by atoms with Crippen molar-refractivity contribution in [2.45, 2.75) is 139 Å². The number of carboxylic acid groups (broad SMARTS) is 3. The Balaban J connectivity index is 0.000000132. The van der Waals surface area contributed by atoms with Crippen molar-refractivity contribution < 1.29 is 74.0 Å². The first-order valence-corrected chi connectivity index (χ1v) is 46.7. The van der Waals surface area contributed by atoms with Crippen LogP contribution in [0.4, 0.5) is 0 Å². The average Bonchev–Trinajstić information content (AvgIpc) is 1.63. The van der Waals surface area contributed by atoms with Crippen LogP contribution in [-0.4, -0.2) is 126 Å². The van der Waals surface area contributed by atoms with Crippen LogP contribution >= 0.6 is 58.0 Å². The SMILES string of the molecule is CCOC(=O)c1cc2cc(Cl)ccc2[nH]1.COC(=O)C1CCc2cc3cc(Cl)ccc3n2C1.Cc1cc(S(C)(=O)=O)ccc1Cc1c2n(c3ccc(Cl)cc13)CC(C(=O)O)CC2.Cc1cc(S(C)(=O)=O)ccc1Cc1c2n(c3ccc(Cl)cc13)CC(C(=O)O)CC2.Cc1cc(S(C)(=O)=O)ccc1Cc1c2n(c3ccc(Cl)cc13)CC(C(=O)O)CC2. The number of aromatic amines is 1. The van der Waals surface area contributed by atoms with E-state index < -0.39 is 65.2 Å². The van der Waals surface area contributed by atoms with Crippen LogP contribution in [0.1, 0.15) is 116 Å². The number of halogens is 5. The number of H-pyrrole nitrogens is 1. The summed E-state index contributed by atoms with van der Waals surface area (Å²) in [6.07, 6.45) is 11.2. The quantitative estimate of drug-likeness (QED) is 0.0693. The maximum atomic E-state index is 11.8. The summed E-state index contributed by atoms with van der Waals surface area (Å²) in [5.41, 5.74) is 19.5. The van der Waals surface area contributed by atoms with E-state index in [4.69, 9.17) is 67.5 Å². The number of aryl methyl sites for hydroxylation is 4. The van der Waals surface area contributed by atoms with E-state index >= 15 is 0 Å². The summed E-state index contributed by atoms with van der Waals surface area (Å²) in [6.45, 7) is 9.96. The number of benzene rings is 8. The number of nitrogens with zero attached hydrogens (tertiary/aromatic N) is 4. The maximum absolute atomic E-state index is 11.8. The second kappa shape index (κ2) is 36.0. The summed E-state index contributed by atoms with van der Waals surface area (Å²) in [5.74, 6) is -3.96. The molecule has 628 valence electrons. The van der Waals surface area contributed by atoms with Crippen LogP contribution in [-0.2, 0) is 129 Å². The van der Waals surface area contributed by atoms with Crippen LogP contribution in [0.25, 0.3) is 54.5 Å². The van der Waals surface area contributed by atoms with Crippen molar-refractivity contribution in [3.63, 3.8) is 0 Å². The number of fused-ring (bicyclic) bond motifs is 13. The molecule has 0 saturated carbocycles. The smallest absolute Gasteiger partial charge is 0.354 e. The van der Waals surface area contributed by atoms with Crippen molar-refractivity contribution in [1.82, 2.24) is 23.3 Å². The summed E-state index contributed by atoms with van der Waals surface area (Å²) in [5, 5.41) is 36.9. The van der Waals surface area contributed by atoms with Crippen LogP contribution in [0.2, 0.25) is 25.1 Å². The van der Waals surface area contributed by atoms with E-state index in [0.717, 1.165) is 140 Å². The monoisotopic (exact) mass is 1780 g/mol. The van der Waals surface area contributed by atoms with Crippen molar-refractivity contribution in [2.24, 2.45) is 23.7 Å². The Morgan fingerprint density at radius 3 is 1.11 bits per heavy atom. The van der Waals surface area contributed by atoms with Gasteiger partial charge in [0.05, 0.1) is 52.1 Å². The van der Waals surface area contributed by atoms with E-state index in [2.05, 4.69) is 29.3 Å². The number of carbonyl (C=O) groups excluding carboxylic acids is 2. The zero-order valence-electron chi connectivity index (χ0n) is 67.2. The molecule has 21 nitrogen and oxygen atoms in total. The molecule has 0 spiro atoms. The molecule has 4 aliphatic rings. The predicted molar refractivity (Wildman–Crippen MR) is 471 cm³/mol. The van der Waals surface area contributed by atoms with Crippen molar-refractivity contribution in [2.75, 3.05) is 32.5 Å². The molecule has 9 heterocycles. The first-order chi connectivity index (χ1) is 56.8. The highest BCUT2D eigenvalue weighted by molar-refractivity contribution is 7.91. The van der Waals surface area contributed by atoms with Gasteiger partial charge in [-0.25, -0.2) is 30.0 Å². The van der Waals surface area contributed by atoms with Gasteiger partial charge in [-0.1, -0.05) is 76.2 Å². The minimum Gasteiger partial charge on any atom is -0.481 e. The molecule has 5 aromatic heterocycles. The lowest BCUT2D eigenvalue weighted by molar-refractivity contribution is -0.146. The molecular weight excluding hydrogens is 1690 g/mol. The predicted octanol–water partition coefficient (Wildman–Crippen LogP) is 18.8. The lowest BCUT2D eigenvalue weighted by Crippen LogP contribution is -2.27. The molecule has 0 bridgehead atoms. The third-order valence-corrected chi connectivity index (χ3v) is 27.7. The Labute approximate surface area is 720 Å². The van der Waals surface area contributed by atoms with Crippen LogP contribution < -0.4 is 0 Å². The number of hydrogen-bond acceptors (Lipinski definition) is 13. The zero-order valence-corrected chi connectivity index (χ0v) is 73.4. The van der Waals surface area contributed by atoms with Crippen LogP contribution in [0.15, 0.2) is 172 Å². The van der Waals surface area contributed by atoms with Gasteiger partial charge in [0.2, 0.25) is 0 Å². The summed E-state index contributed by atoms with van der Waals surface area (Å²) in [4.78, 5) is 61.5. The van der Waals surface area contributed by atoms with Gasteiger partial charge in [0.15, 0.2) is 29.5 Å². The first kappa shape index (κ1) is 87.9. The second-order valence-corrected chi connectivity index (χ2v) is 39.5. The lowest BCUT2D eigenvalue weighted by Gasteiger charge is -2.23. The van der Waals surface area contributed by atoms with Gasteiger partial charge >= 0.3 is 29.8 Å². The van der Waals surface area contributed by atoms with Gasteiger partial charge in [-0.2, -0.15) is 0 Å². The zero-order chi connectivity index (χ0) is 86.3. The molecule has 0 radical (unpaired) electrons. The van der Waals surface area contributed by atoms with Crippen LogP contribution in [0.3, 0.4) is 0 Å². The molecule has 13 aromatic rings. The molecule has 8 aromatic carbocycles. The molecule has 0 amide bonds. The fourth-order valence-corrected chi connectivity index (χ4v) is 19.9. The van der Waals surface area contributed by atoms with E-state index in [1.54, 1.807) is 61.5 Å². The minimum absolute atomic E-state index is 0.0335. The molecule has 4 N–H and O–H groups in total. The summed E-state index contributed by atoms with van der Waals surface area (Å²) >= 11 is 30.6. The lowest BCUT2D eigenvalue weighted by atomic mass is 9.93. The molecule has 0 saturated heterocycles. The molecule has 120 heavy (non-hydrogen) atoms. The van der Waals surface area contributed by atoms with E-state index in [-0.39, 0.29) is 17.9 Å².